The van der Waals surface area contributed by atoms with Crippen LogP contribution in [0.3, 0.4) is 0 Å². The topological polar surface area (TPSA) is 32.8 Å². The lowest BCUT2D eigenvalue weighted by Crippen LogP contribution is -2.40. The van der Waals surface area contributed by atoms with Crippen molar-refractivity contribution >= 4 is 5.91 Å². The molecule has 0 radical (unpaired) electrons. The van der Waals surface area contributed by atoms with Gasteiger partial charge in [0.15, 0.2) is 0 Å². The quantitative estimate of drug-likeness (QED) is 0.695. The summed E-state index contributed by atoms with van der Waals surface area (Å²) >= 11 is 0. The Labute approximate surface area is 101 Å². The van der Waals surface area contributed by atoms with Crippen molar-refractivity contribution < 1.29 is 9.53 Å². The summed E-state index contributed by atoms with van der Waals surface area (Å²) in [6.45, 7) is 9.86. The number of ether oxygens (including phenoxy) is 1. The van der Waals surface area contributed by atoms with Crippen molar-refractivity contribution in [1.82, 2.24) is 9.80 Å². The lowest BCUT2D eigenvalue weighted by atomic mass is 10.3. The van der Waals surface area contributed by atoms with Crippen molar-refractivity contribution in [2.75, 3.05) is 40.9 Å². The Morgan fingerprint density at radius 1 is 1.25 bits per heavy atom. The Morgan fingerprint density at radius 3 is 2.12 bits per heavy atom. The summed E-state index contributed by atoms with van der Waals surface area (Å²) in [5.41, 5.74) is 0. The molecule has 0 aliphatic carbocycles. The van der Waals surface area contributed by atoms with Crippen LogP contribution in [0.1, 0.15) is 27.7 Å². The number of rotatable bonds is 6. The molecule has 0 unspecified atom stereocenters. The van der Waals surface area contributed by atoms with Gasteiger partial charge in [0, 0.05) is 26.7 Å². The van der Waals surface area contributed by atoms with E-state index in [4.69, 9.17) is 4.74 Å². The highest BCUT2D eigenvalue weighted by Crippen LogP contribution is 1.95. The van der Waals surface area contributed by atoms with Gasteiger partial charge in [0.25, 0.3) is 0 Å². The molecule has 0 N–H and O–H groups in total. The van der Waals surface area contributed by atoms with Crippen LogP contribution in [-0.4, -0.2) is 62.7 Å². The van der Waals surface area contributed by atoms with E-state index in [2.05, 4.69) is 13.8 Å². The second-order valence-corrected chi connectivity index (χ2v) is 3.82. The number of nitrogens with zero attached hydrogens (tertiary/aromatic N) is 2. The number of hydrogen-bond donors (Lipinski definition) is 0. The number of methoxy groups -OCH3 is 1. The van der Waals surface area contributed by atoms with Crippen molar-refractivity contribution in [1.29, 1.82) is 0 Å². The van der Waals surface area contributed by atoms with E-state index in [1.54, 1.807) is 19.1 Å². The monoisotopic (exact) mass is 232 g/mol. The van der Waals surface area contributed by atoms with Gasteiger partial charge in [-0.3, -0.25) is 9.69 Å². The molecule has 4 nitrogen and oxygen atoms in total. The van der Waals surface area contributed by atoms with E-state index in [1.807, 2.05) is 25.8 Å². The maximum Gasteiger partial charge on any atom is 0.236 e. The van der Waals surface area contributed by atoms with Crippen molar-refractivity contribution in [3.8, 4) is 0 Å². The molecule has 0 aliphatic heterocycles. The van der Waals surface area contributed by atoms with Crippen molar-refractivity contribution in [3.05, 3.63) is 0 Å². The zero-order chi connectivity index (χ0) is 13.1. The predicted molar refractivity (Wildman–Crippen MR) is 68.6 cm³/mol. The Kier molecular flexibility index (Phi) is 12.1. The summed E-state index contributed by atoms with van der Waals surface area (Å²) in [7, 11) is 5.39. The largest absolute Gasteiger partial charge is 0.383 e. The molecule has 16 heavy (non-hydrogen) atoms. The van der Waals surface area contributed by atoms with Gasteiger partial charge < -0.3 is 9.64 Å². The van der Waals surface area contributed by atoms with Gasteiger partial charge in [-0.15, -0.1) is 0 Å². The lowest BCUT2D eigenvalue weighted by Gasteiger charge is -2.24. The zero-order valence-electron chi connectivity index (χ0n) is 11.9. The molecule has 0 bridgehead atoms. The van der Waals surface area contributed by atoms with Gasteiger partial charge in [-0.1, -0.05) is 13.8 Å². The Hall–Kier alpha value is -0.610. The molecule has 0 saturated heterocycles. The summed E-state index contributed by atoms with van der Waals surface area (Å²) in [5, 5.41) is 0. The van der Waals surface area contributed by atoms with Crippen LogP contribution in [0.15, 0.2) is 0 Å². The van der Waals surface area contributed by atoms with Gasteiger partial charge in [0.1, 0.15) is 0 Å². The van der Waals surface area contributed by atoms with E-state index < -0.39 is 0 Å². The summed E-state index contributed by atoms with van der Waals surface area (Å²) in [6, 6.07) is 0.398. The van der Waals surface area contributed by atoms with E-state index in [0.29, 0.717) is 25.7 Å². The first kappa shape index (κ1) is 17.8. The molecule has 4 heteroatoms. The third-order valence-corrected chi connectivity index (χ3v) is 2.32. The number of hydrogen-bond acceptors (Lipinski definition) is 3. The minimum absolute atomic E-state index is 0.137. The minimum Gasteiger partial charge on any atom is -0.383 e. The van der Waals surface area contributed by atoms with Crippen molar-refractivity contribution in [3.63, 3.8) is 0 Å². The predicted octanol–water partition coefficient (Wildman–Crippen LogP) is 1.46. The first-order valence-electron chi connectivity index (χ1n) is 5.92. The Balaban J connectivity index is 0. The standard InChI is InChI=1S/C10H22N2O2.C2H6/c1-9(2)12(4)8-10(13)11(3)6-7-14-5;1-2/h9H,6-8H2,1-5H3;1-2H3. The zero-order valence-corrected chi connectivity index (χ0v) is 11.9. The molecule has 0 heterocycles. The molecule has 0 aromatic carbocycles. The molecule has 98 valence electrons. The molecule has 0 saturated carbocycles. The summed E-state index contributed by atoms with van der Waals surface area (Å²) in [6.07, 6.45) is 0. The number of carbonyl (C=O) groups is 1. The lowest BCUT2D eigenvalue weighted by molar-refractivity contribution is -0.131. The van der Waals surface area contributed by atoms with Gasteiger partial charge in [-0.2, -0.15) is 0 Å². The van der Waals surface area contributed by atoms with Gasteiger partial charge in [-0.05, 0) is 20.9 Å². The first-order valence-corrected chi connectivity index (χ1v) is 5.92. The molecule has 0 aliphatic rings. The first-order chi connectivity index (χ1) is 7.49. The molecule has 0 aromatic rings. The van der Waals surface area contributed by atoms with E-state index in [-0.39, 0.29) is 5.91 Å². The van der Waals surface area contributed by atoms with Crippen LogP contribution in [0.25, 0.3) is 0 Å². The molecule has 0 rings (SSSR count). The second kappa shape index (κ2) is 10.9. The van der Waals surface area contributed by atoms with Crippen molar-refractivity contribution in [2.24, 2.45) is 0 Å². The maximum atomic E-state index is 11.6. The minimum atomic E-state index is 0.137. The molecule has 1 amide bonds. The fraction of sp³-hybridized carbons (Fsp3) is 0.917. The molecular weight excluding hydrogens is 204 g/mol. The van der Waals surface area contributed by atoms with Gasteiger partial charge >= 0.3 is 0 Å². The van der Waals surface area contributed by atoms with Crippen LogP contribution in [0.2, 0.25) is 0 Å². The average molecular weight is 232 g/mol. The smallest absolute Gasteiger partial charge is 0.236 e. The van der Waals surface area contributed by atoms with Crippen LogP contribution >= 0.6 is 0 Å². The van der Waals surface area contributed by atoms with Gasteiger partial charge in [0.2, 0.25) is 5.91 Å². The third-order valence-electron chi connectivity index (χ3n) is 2.32. The number of likely N-dealkylation sites (N-methyl/N-ethyl adjacent to an activating group) is 2. The van der Waals surface area contributed by atoms with E-state index in [1.165, 1.54) is 0 Å². The van der Waals surface area contributed by atoms with Crippen LogP contribution in [0, 0.1) is 0 Å². The van der Waals surface area contributed by atoms with Crippen LogP contribution in [0.5, 0.6) is 0 Å². The highest BCUT2D eigenvalue weighted by Gasteiger charge is 2.12. The van der Waals surface area contributed by atoms with Crippen LogP contribution < -0.4 is 0 Å². The highest BCUT2D eigenvalue weighted by atomic mass is 16.5. The normalized spacial score (nSPS) is 10.1. The summed E-state index contributed by atoms with van der Waals surface area (Å²) in [4.78, 5) is 15.3. The van der Waals surface area contributed by atoms with Crippen molar-refractivity contribution in [2.45, 2.75) is 33.7 Å². The SMILES string of the molecule is CC.COCCN(C)C(=O)CN(C)C(C)C. The molecular formula is C12H28N2O2. The Morgan fingerprint density at radius 2 is 1.75 bits per heavy atom. The van der Waals surface area contributed by atoms with Gasteiger partial charge in [-0.25, -0.2) is 0 Å². The number of amides is 1. The molecule has 0 spiro atoms. The Bertz CT molecular complexity index is 172. The maximum absolute atomic E-state index is 11.6. The molecule has 0 aromatic heterocycles. The fourth-order valence-electron chi connectivity index (χ4n) is 0.870. The van der Waals surface area contributed by atoms with Gasteiger partial charge in [0.05, 0.1) is 13.2 Å². The van der Waals surface area contributed by atoms with Crippen LogP contribution in [-0.2, 0) is 9.53 Å². The van der Waals surface area contributed by atoms with E-state index in [9.17, 15) is 4.79 Å². The molecule has 0 fully saturated rings. The van der Waals surface area contributed by atoms with E-state index in [0.717, 1.165) is 0 Å². The third kappa shape index (κ3) is 8.68. The molecule has 0 atom stereocenters. The second-order valence-electron chi connectivity index (χ2n) is 3.82. The van der Waals surface area contributed by atoms with E-state index >= 15 is 0 Å². The fourth-order valence-corrected chi connectivity index (χ4v) is 0.870. The van der Waals surface area contributed by atoms with Crippen LogP contribution in [0.4, 0.5) is 0 Å². The summed E-state index contributed by atoms with van der Waals surface area (Å²) < 4.78 is 4.91. The number of carbonyl (C=O) groups excluding carboxylic acids is 1. The highest BCUT2D eigenvalue weighted by molar-refractivity contribution is 5.77. The summed E-state index contributed by atoms with van der Waals surface area (Å²) in [5.74, 6) is 0.137. The average Bonchev–Trinajstić information content (AvgIpc) is 2.28.